The first-order chi connectivity index (χ1) is 10.1. The predicted octanol–water partition coefficient (Wildman–Crippen LogP) is 0.274. The van der Waals surface area contributed by atoms with Gasteiger partial charge in [-0.3, -0.25) is 0 Å². The molecule has 146 valence electrons. The van der Waals surface area contributed by atoms with Gasteiger partial charge in [-0.25, -0.2) is 12.8 Å². The van der Waals surface area contributed by atoms with Crippen LogP contribution < -0.4 is 51.4 Å². The van der Waals surface area contributed by atoms with Crippen molar-refractivity contribution in [2.75, 3.05) is 6.67 Å². The van der Waals surface area contributed by atoms with E-state index in [0.717, 1.165) is 0 Å². The van der Waals surface area contributed by atoms with E-state index in [-0.39, 0.29) is 51.4 Å². The molecule has 0 rings (SSSR count). The Morgan fingerprint density at radius 3 is 1.16 bits per heavy atom. The SMILES string of the molecule is O=S(=O)([O-])C(F)(F)C(F)(F)C(F)(F)C(F)(F)C(F)(F)C(F)(F)CF.[K+]. The molecule has 0 aromatic rings. The molecular weight excluding hydrogens is 450 g/mol. The van der Waals surface area contributed by atoms with Crippen LogP contribution in [0.2, 0.25) is 0 Å². The summed E-state index contributed by atoms with van der Waals surface area (Å²) in [6, 6.07) is 0. The number of hydrogen-bond donors (Lipinski definition) is 0. The second kappa shape index (κ2) is 7.23. The third-order valence-corrected chi connectivity index (χ3v) is 3.37. The van der Waals surface area contributed by atoms with Gasteiger partial charge in [0.2, 0.25) is 0 Å². The summed E-state index contributed by atoms with van der Waals surface area (Å²) >= 11 is 0. The van der Waals surface area contributed by atoms with Crippen LogP contribution in [0.3, 0.4) is 0 Å². The number of halogens is 13. The Bertz CT molecular complexity index is 586. The Labute approximate surface area is 172 Å². The first-order valence-corrected chi connectivity index (χ1v) is 6.25. The second-order valence-corrected chi connectivity index (χ2v) is 5.53. The summed E-state index contributed by atoms with van der Waals surface area (Å²) < 4.78 is 193. The molecule has 3 nitrogen and oxygen atoms in total. The maximum Gasteiger partial charge on any atom is 1.00 e. The minimum absolute atomic E-state index is 0. The molecular formula is C7H2F13KO3S. The van der Waals surface area contributed by atoms with Gasteiger partial charge in [0.25, 0.3) is 0 Å². The Balaban J connectivity index is 0. The zero-order chi connectivity index (χ0) is 20.2. The van der Waals surface area contributed by atoms with Crippen LogP contribution >= 0.6 is 0 Å². The van der Waals surface area contributed by atoms with Crippen LogP contribution in [0, 0.1) is 0 Å². The van der Waals surface area contributed by atoms with E-state index in [4.69, 9.17) is 0 Å². The van der Waals surface area contributed by atoms with Gasteiger partial charge in [0, 0.05) is 0 Å². The standard InChI is InChI=1S/C7H3F13O3S.K/c8-1-2(9,10)3(11,12)4(13,14)5(15,16)6(17,18)7(19,20)24(21,22)23;/h1H2,(H,21,22,23);/q;+1/p-1. The molecule has 0 spiro atoms. The van der Waals surface area contributed by atoms with Crippen molar-refractivity contribution in [2.24, 2.45) is 0 Å². The molecule has 25 heavy (non-hydrogen) atoms. The van der Waals surface area contributed by atoms with Crippen LogP contribution in [0.4, 0.5) is 57.1 Å². The molecule has 0 amide bonds. The number of alkyl halides is 13. The molecule has 0 unspecified atom stereocenters. The summed E-state index contributed by atoms with van der Waals surface area (Å²) in [5.74, 6) is -38.8. The zero-order valence-electron chi connectivity index (χ0n) is 11.3. The third-order valence-electron chi connectivity index (χ3n) is 2.49. The summed E-state index contributed by atoms with van der Waals surface area (Å²) in [5, 5.41) is -7.60. The molecule has 18 heteroatoms. The van der Waals surface area contributed by atoms with Crippen molar-refractivity contribution < 1.29 is 121 Å². The molecule has 0 aromatic carbocycles. The smallest absolute Gasteiger partial charge is 0.743 e. The average molecular weight is 452 g/mol. The van der Waals surface area contributed by atoms with E-state index in [2.05, 4.69) is 0 Å². The summed E-state index contributed by atoms with van der Waals surface area (Å²) in [5.41, 5.74) is 0. The minimum atomic E-state index is -8.22. The molecule has 0 N–H and O–H groups in total. The van der Waals surface area contributed by atoms with E-state index in [1.165, 1.54) is 0 Å². The maximum atomic E-state index is 12.8. The van der Waals surface area contributed by atoms with Crippen molar-refractivity contribution in [1.29, 1.82) is 0 Å². The summed E-state index contributed by atoms with van der Waals surface area (Å²) in [7, 11) is -7.84. The fourth-order valence-corrected chi connectivity index (χ4v) is 1.49. The molecule has 0 heterocycles. The van der Waals surface area contributed by atoms with Gasteiger partial charge in [0.1, 0.15) is 0 Å². The fraction of sp³-hybridized carbons (Fsp3) is 1.00. The zero-order valence-corrected chi connectivity index (χ0v) is 15.2. The monoisotopic (exact) mass is 452 g/mol. The van der Waals surface area contributed by atoms with Crippen LogP contribution in [0.15, 0.2) is 0 Å². The molecule has 0 aliphatic rings. The first-order valence-electron chi connectivity index (χ1n) is 4.84. The molecule has 0 atom stereocenters. The number of hydrogen-bond acceptors (Lipinski definition) is 3. The van der Waals surface area contributed by atoms with E-state index in [1.54, 1.807) is 0 Å². The van der Waals surface area contributed by atoms with E-state index in [1.807, 2.05) is 0 Å². The molecule has 0 radical (unpaired) electrons. The van der Waals surface area contributed by atoms with Crippen LogP contribution in [0.1, 0.15) is 0 Å². The van der Waals surface area contributed by atoms with Gasteiger partial charge in [0.05, 0.1) is 0 Å². The van der Waals surface area contributed by atoms with Gasteiger partial charge in [-0.1, -0.05) is 0 Å². The fourth-order valence-electron chi connectivity index (χ4n) is 1.05. The molecule has 0 aliphatic carbocycles. The summed E-state index contributed by atoms with van der Waals surface area (Å²) in [6.45, 7) is -3.80. The molecule has 0 bridgehead atoms. The van der Waals surface area contributed by atoms with Gasteiger partial charge in [-0.05, 0) is 0 Å². The van der Waals surface area contributed by atoms with Crippen LogP contribution in [0.25, 0.3) is 0 Å². The normalized spacial score (nSPS) is 15.8. The molecule has 0 aromatic heterocycles. The minimum Gasteiger partial charge on any atom is -0.743 e. The largest absolute Gasteiger partial charge is 1.00 e. The van der Waals surface area contributed by atoms with Gasteiger partial charge in [-0.15, -0.1) is 0 Å². The predicted molar refractivity (Wildman–Crippen MR) is 45.4 cm³/mol. The third kappa shape index (κ3) is 3.80. The number of rotatable bonds is 7. The van der Waals surface area contributed by atoms with Gasteiger partial charge >= 0.3 is 86.3 Å². The van der Waals surface area contributed by atoms with Crippen molar-refractivity contribution in [2.45, 2.75) is 34.9 Å². The van der Waals surface area contributed by atoms with Crippen molar-refractivity contribution in [1.82, 2.24) is 0 Å². The maximum absolute atomic E-state index is 12.8. The Hall–Kier alpha value is 0.636. The van der Waals surface area contributed by atoms with Crippen molar-refractivity contribution in [3.05, 3.63) is 0 Å². The Kier molecular flexibility index (Phi) is 8.05. The van der Waals surface area contributed by atoms with E-state index < -0.39 is 51.7 Å². The molecule has 0 saturated heterocycles. The van der Waals surface area contributed by atoms with Gasteiger partial charge in [-0.2, -0.15) is 52.7 Å². The molecule has 0 aliphatic heterocycles. The van der Waals surface area contributed by atoms with Crippen LogP contribution in [0.5, 0.6) is 0 Å². The summed E-state index contributed by atoms with van der Waals surface area (Å²) in [4.78, 5) is 0. The van der Waals surface area contributed by atoms with E-state index >= 15 is 0 Å². The van der Waals surface area contributed by atoms with Gasteiger partial charge in [0.15, 0.2) is 16.8 Å². The van der Waals surface area contributed by atoms with Crippen molar-refractivity contribution >= 4 is 10.1 Å². The van der Waals surface area contributed by atoms with Crippen LogP contribution in [-0.2, 0) is 10.1 Å². The summed E-state index contributed by atoms with van der Waals surface area (Å²) in [6.07, 6.45) is 0. The first kappa shape index (κ1) is 27.9. The second-order valence-electron chi connectivity index (χ2n) is 4.11. The molecule has 0 saturated carbocycles. The average Bonchev–Trinajstić information content (AvgIpc) is 2.36. The van der Waals surface area contributed by atoms with Crippen molar-refractivity contribution in [3.8, 4) is 0 Å². The van der Waals surface area contributed by atoms with Gasteiger partial charge < -0.3 is 4.55 Å². The quantitative estimate of drug-likeness (QED) is 0.317. The van der Waals surface area contributed by atoms with Crippen molar-refractivity contribution in [3.63, 3.8) is 0 Å². The van der Waals surface area contributed by atoms with E-state index in [9.17, 15) is 70.0 Å². The topological polar surface area (TPSA) is 57.2 Å². The Morgan fingerprint density at radius 1 is 0.640 bits per heavy atom. The van der Waals surface area contributed by atoms with E-state index in [0.29, 0.717) is 0 Å². The van der Waals surface area contributed by atoms with Crippen LogP contribution in [-0.4, -0.2) is 54.5 Å². The Morgan fingerprint density at radius 2 is 0.920 bits per heavy atom. The molecule has 0 fully saturated rings.